The Bertz CT molecular complexity index is 1060. The summed E-state index contributed by atoms with van der Waals surface area (Å²) in [4.78, 5) is 24.6. The second-order valence-corrected chi connectivity index (χ2v) is 7.67. The lowest BCUT2D eigenvalue weighted by Crippen LogP contribution is -2.37. The minimum atomic E-state index is -0.598. The molecule has 2 amide bonds. The number of nitrogens with one attached hydrogen (secondary N) is 1. The maximum Gasteiger partial charge on any atom is 0.253 e. The highest BCUT2D eigenvalue weighted by atomic mass is 35.5. The summed E-state index contributed by atoms with van der Waals surface area (Å²) in [5, 5.41) is 3.44. The van der Waals surface area contributed by atoms with Crippen molar-refractivity contribution in [2.75, 3.05) is 6.54 Å². The summed E-state index contributed by atoms with van der Waals surface area (Å²) in [7, 11) is 0. The monoisotopic (exact) mass is 427 g/mol. The van der Waals surface area contributed by atoms with E-state index >= 15 is 0 Å². The Morgan fingerprint density at radius 1 is 1.10 bits per heavy atom. The minimum Gasteiger partial charge on any atom is -0.369 e. The number of carbonyl (C=O) groups excluding carboxylic acids is 2. The molecule has 7 heteroatoms. The number of carbonyl (C=O) groups is 2. The molecular weight excluding hydrogens is 405 g/mol. The van der Waals surface area contributed by atoms with Gasteiger partial charge in [0.25, 0.3) is 5.91 Å². The molecule has 1 atom stereocenters. The highest BCUT2D eigenvalue weighted by Crippen LogP contribution is 2.22. The van der Waals surface area contributed by atoms with Crippen LogP contribution in [0.25, 0.3) is 5.69 Å². The fourth-order valence-corrected chi connectivity index (χ4v) is 3.60. The Morgan fingerprint density at radius 3 is 2.33 bits per heavy atom. The number of rotatable bonds is 7. The molecule has 3 N–H and O–H groups in total. The van der Waals surface area contributed by atoms with Gasteiger partial charge in [-0.1, -0.05) is 23.7 Å². The molecule has 0 saturated heterocycles. The molecule has 3 aromatic rings. The Labute approximate surface area is 179 Å². The molecule has 0 aliphatic carbocycles. The van der Waals surface area contributed by atoms with Gasteiger partial charge >= 0.3 is 0 Å². The number of benzene rings is 2. The quantitative estimate of drug-likeness (QED) is 0.598. The van der Waals surface area contributed by atoms with Gasteiger partial charge in [-0.05, 0) is 68.3 Å². The third kappa shape index (κ3) is 4.89. The Morgan fingerprint density at radius 2 is 1.73 bits per heavy atom. The van der Waals surface area contributed by atoms with Crippen molar-refractivity contribution in [1.82, 2.24) is 9.88 Å². The molecule has 156 valence electrons. The Hall–Kier alpha value is -3.12. The molecule has 0 bridgehead atoms. The van der Waals surface area contributed by atoms with E-state index < -0.39 is 11.8 Å². The molecule has 0 saturated carbocycles. The average Bonchev–Trinajstić information content (AvgIpc) is 3.01. The van der Waals surface area contributed by atoms with Gasteiger partial charge in [0.1, 0.15) is 5.82 Å². The number of amides is 2. The molecule has 1 unspecified atom stereocenters. The van der Waals surface area contributed by atoms with Gasteiger partial charge in [0.05, 0.1) is 11.5 Å². The van der Waals surface area contributed by atoms with Crippen LogP contribution in [0.15, 0.2) is 54.6 Å². The zero-order chi connectivity index (χ0) is 21.8. The van der Waals surface area contributed by atoms with Gasteiger partial charge in [-0.3, -0.25) is 9.59 Å². The molecule has 30 heavy (non-hydrogen) atoms. The minimum absolute atomic E-state index is 0.0934. The van der Waals surface area contributed by atoms with Crippen molar-refractivity contribution in [1.29, 1.82) is 0 Å². The van der Waals surface area contributed by atoms with E-state index in [1.54, 1.807) is 30.3 Å². The number of hydrogen-bond acceptors (Lipinski definition) is 2. The lowest BCUT2D eigenvalue weighted by molar-refractivity contribution is -0.121. The molecule has 1 heterocycles. The maximum absolute atomic E-state index is 13.1. The van der Waals surface area contributed by atoms with Crippen molar-refractivity contribution in [2.45, 2.75) is 20.3 Å². The standard InChI is InChI=1S/C23H23ClFN3O2/c1-14-11-21(15(2)28(14)20-9-5-18(24)6-10-20)23(30)27-13-17(22(26)29)12-16-3-7-19(25)8-4-16/h3-11,17H,12-13H2,1-2H3,(H2,26,29)(H,27,30). The van der Waals surface area contributed by atoms with E-state index in [4.69, 9.17) is 17.3 Å². The summed E-state index contributed by atoms with van der Waals surface area (Å²) in [6, 6.07) is 15.0. The number of nitrogens with zero attached hydrogens (tertiary/aromatic N) is 1. The van der Waals surface area contributed by atoms with Gasteiger partial charge in [0, 0.05) is 28.6 Å². The van der Waals surface area contributed by atoms with E-state index in [1.807, 2.05) is 30.5 Å². The van der Waals surface area contributed by atoms with Crippen molar-refractivity contribution in [3.63, 3.8) is 0 Å². The van der Waals surface area contributed by atoms with Crippen LogP contribution in [-0.4, -0.2) is 22.9 Å². The first kappa shape index (κ1) is 21.6. The molecule has 1 aromatic heterocycles. The normalized spacial score (nSPS) is 11.9. The molecule has 0 spiro atoms. The predicted octanol–water partition coefficient (Wildman–Crippen LogP) is 3.96. The second kappa shape index (κ2) is 9.13. The van der Waals surface area contributed by atoms with Crippen molar-refractivity contribution in [3.8, 4) is 5.69 Å². The first-order valence-corrected chi connectivity index (χ1v) is 9.91. The van der Waals surface area contributed by atoms with E-state index in [1.165, 1.54) is 12.1 Å². The zero-order valence-corrected chi connectivity index (χ0v) is 17.5. The molecule has 0 aliphatic heterocycles. The lowest BCUT2D eigenvalue weighted by atomic mass is 9.98. The van der Waals surface area contributed by atoms with Crippen molar-refractivity contribution in [2.24, 2.45) is 11.7 Å². The number of aromatic nitrogens is 1. The van der Waals surface area contributed by atoms with E-state index in [0.29, 0.717) is 17.0 Å². The second-order valence-electron chi connectivity index (χ2n) is 7.24. The summed E-state index contributed by atoms with van der Waals surface area (Å²) < 4.78 is 15.0. The Balaban J connectivity index is 1.73. The van der Waals surface area contributed by atoms with Gasteiger partial charge in [0.15, 0.2) is 0 Å². The Kier molecular flexibility index (Phi) is 6.57. The van der Waals surface area contributed by atoms with E-state index in [2.05, 4.69) is 5.32 Å². The van der Waals surface area contributed by atoms with Gasteiger partial charge in [-0.2, -0.15) is 0 Å². The zero-order valence-electron chi connectivity index (χ0n) is 16.8. The highest BCUT2D eigenvalue weighted by molar-refractivity contribution is 6.30. The van der Waals surface area contributed by atoms with Gasteiger partial charge in [-0.25, -0.2) is 4.39 Å². The van der Waals surface area contributed by atoms with Crippen LogP contribution >= 0.6 is 11.6 Å². The average molecular weight is 428 g/mol. The van der Waals surface area contributed by atoms with Crippen molar-refractivity contribution < 1.29 is 14.0 Å². The molecule has 2 aromatic carbocycles. The largest absolute Gasteiger partial charge is 0.369 e. The molecule has 0 fully saturated rings. The molecule has 0 radical (unpaired) electrons. The number of nitrogens with two attached hydrogens (primary N) is 1. The topological polar surface area (TPSA) is 77.1 Å². The molecule has 0 aliphatic rings. The SMILES string of the molecule is Cc1cc(C(=O)NCC(Cc2ccc(F)cc2)C(N)=O)c(C)n1-c1ccc(Cl)cc1. The van der Waals surface area contributed by atoms with Crippen LogP contribution in [0, 0.1) is 25.6 Å². The summed E-state index contributed by atoms with van der Waals surface area (Å²) >= 11 is 5.97. The smallest absolute Gasteiger partial charge is 0.253 e. The van der Waals surface area contributed by atoms with E-state index in [0.717, 1.165) is 22.6 Å². The van der Waals surface area contributed by atoms with Crippen molar-refractivity contribution in [3.05, 3.63) is 88.0 Å². The van der Waals surface area contributed by atoms with Crippen LogP contribution in [0.2, 0.25) is 5.02 Å². The molecule has 3 rings (SSSR count). The number of primary amides is 1. The van der Waals surface area contributed by atoms with Crippen molar-refractivity contribution >= 4 is 23.4 Å². The predicted molar refractivity (Wildman–Crippen MR) is 115 cm³/mol. The summed E-state index contributed by atoms with van der Waals surface area (Å²) in [5.74, 6) is -1.75. The van der Waals surface area contributed by atoms with Crippen LogP contribution < -0.4 is 11.1 Å². The molecule has 5 nitrogen and oxygen atoms in total. The number of aryl methyl sites for hydroxylation is 1. The third-order valence-corrected chi connectivity index (χ3v) is 5.32. The first-order chi connectivity index (χ1) is 14.3. The van der Waals surface area contributed by atoms with Gasteiger partial charge in [0.2, 0.25) is 5.91 Å². The van der Waals surface area contributed by atoms with E-state index in [9.17, 15) is 14.0 Å². The van der Waals surface area contributed by atoms with Crippen LogP contribution in [0.3, 0.4) is 0 Å². The van der Waals surface area contributed by atoms with Crippen LogP contribution in [0.1, 0.15) is 27.3 Å². The number of hydrogen-bond donors (Lipinski definition) is 2. The molecular formula is C23H23ClFN3O2. The summed E-state index contributed by atoms with van der Waals surface area (Å²) in [5.41, 5.74) is 9.38. The number of halogens is 2. The van der Waals surface area contributed by atoms with Gasteiger partial charge in [-0.15, -0.1) is 0 Å². The van der Waals surface area contributed by atoms with Crippen LogP contribution in [0.4, 0.5) is 4.39 Å². The third-order valence-electron chi connectivity index (χ3n) is 5.07. The fraction of sp³-hybridized carbons (Fsp3) is 0.217. The summed E-state index contributed by atoms with van der Waals surface area (Å²) in [6.45, 7) is 3.87. The van der Waals surface area contributed by atoms with Crippen LogP contribution in [0.5, 0.6) is 0 Å². The lowest BCUT2D eigenvalue weighted by Gasteiger charge is -2.15. The maximum atomic E-state index is 13.1. The van der Waals surface area contributed by atoms with Gasteiger partial charge < -0.3 is 15.6 Å². The highest BCUT2D eigenvalue weighted by Gasteiger charge is 2.20. The fourth-order valence-electron chi connectivity index (χ4n) is 3.47. The van der Waals surface area contributed by atoms with E-state index in [-0.39, 0.29) is 18.3 Å². The summed E-state index contributed by atoms with van der Waals surface area (Å²) in [6.07, 6.45) is 0.319. The first-order valence-electron chi connectivity index (χ1n) is 9.53. The van der Waals surface area contributed by atoms with Crippen LogP contribution in [-0.2, 0) is 11.2 Å².